The lowest BCUT2D eigenvalue weighted by Crippen LogP contribution is -2.30. The first-order valence-electron chi connectivity index (χ1n) is 14.0. The van der Waals surface area contributed by atoms with Gasteiger partial charge in [-0.15, -0.1) is 0 Å². The van der Waals surface area contributed by atoms with E-state index >= 15 is 0 Å². The highest BCUT2D eigenvalue weighted by Crippen LogP contribution is 2.31. The molecule has 0 amide bonds. The van der Waals surface area contributed by atoms with Crippen LogP contribution in [0.2, 0.25) is 0 Å². The fourth-order valence-corrected chi connectivity index (χ4v) is 4.89. The lowest BCUT2D eigenvalue weighted by atomic mass is 9.96. The number of aliphatic carboxylic acids is 1. The molecular weight excluding hydrogens is 532 g/mol. The number of carboxylic acid groups (broad SMARTS) is 1. The average Bonchev–Trinajstić information content (AvgIpc) is 3.44. The molecule has 214 valence electrons. The van der Waals surface area contributed by atoms with Gasteiger partial charge >= 0.3 is 11.7 Å². The van der Waals surface area contributed by atoms with Crippen molar-refractivity contribution in [1.29, 1.82) is 0 Å². The lowest BCUT2D eigenvalue weighted by Gasteiger charge is -2.19. The molecule has 0 saturated carbocycles. The molecule has 0 radical (unpaired) electrons. The van der Waals surface area contributed by atoms with Gasteiger partial charge in [-0.2, -0.15) is 4.98 Å². The first kappa shape index (κ1) is 28.5. The Morgan fingerprint density at radius 3 is 2.33 bits per heavy atom. The van der Waals surface area contributed by atoms with E-state index in [1.54, 1.807) is 6.92 Å². The summed E-state index contributed by atoms with van der Waals surface area (Å²) in [4.78, 5) is 35.7. The van der Waals surface area contributed by atoms with Crippen molar-refractivity contribution >= 4 is 5.97 Å². The number of carbonyl (C=O) groups is 1. The second kappa shape index (κ2) is 13.1. The largest absolute Gasteiger partial charge is 0.478 e. The summed E-state index contributed by atoms with van der Waals surface area (Å²) >= 11 is 0. The Kier molecular flexibility index (Phi) is 8.87. The van der Waals surface area contributed by atoms with Gasteiger partial charge in [-0.05, 0) is 42.0 Å². The van der Waals surface area contributed by atoms with Crippen LogP contribution < -0.4 is 10.5 Å². The van der Waals surface area contributed by atoms with E-state index in [1.807, 2.05) is 78.9 Å². The van der Waals surface area contributed by atoms with E-state index in [9.17, 15) is 14.7 Å². The molecule has 0 aliphatic rings. The third kappa shape index (κ3) is 6.80. The Labute approximate surface area is 243 Å². The van der Waals surface area contributed by atoms with Crippen molar-refractivity contribution in [3.8, 4) is 28.4 Å². The molecule has 0 saturated heterocycles. The molecule has 9 nitrogen and oxygen atoms in total. The maximum absolute atomic E-state index is 12.2. The molecule has 42 heavy (non-hydrogen) atoms. The van der Waals surface area contributed by atoms with Crippen molar-refractivity contribution in [3.63, 3.8) is 0 Å². The highest BCUT2D eigenvalue weighted by Gasteiger charge is 2.24. The van der Waals surface area contributed by atoms with Crippen LogP contribution in [0, 0.1) is 6.92 Å². The molecule has 2 aromatic heterocycles. The molecule has 0 spiro atoms. The molecule has 5 aromatic rings. The van der Waals surface area contributed by atoms with Crippen molar-refractivity contribution in [2.75, 3.05) is 0 Å². The van der Waals surface area contributed by atoms with Gasteiger partial charge in [0.1, 0.15) is 5.82 Å². The zero-order chi connectivity index (χ0) is 29.5. The third-order valence-corrected chi connectivity index (χ3v) is 7.00. The van der Waals surface area contributed by atoms with E-state index in [-0.39, 0.29) is 6.42 Å². The molecule has 0 bridgehead atoms. The topological polar surface area (TPSA) is 131 Å². The van der Waals surface area contributed by atoms with Crippen LogP contribution in [0.25, 0.3) is 22.5 Å². The van der Waals surface area contributed by atoms with Gasteiger partial charge in [-0.1, -0.05) is 97.4 Å². The zero-order valence-corrected chi connectivity index (χ0v) is 23.5. The summed E-state index contributed by atoms with van der Waals surface area (Å²) in [6, 6.07) is 25.1. The predicted molar refractivity (Wildman–Crippen MR) is 158 cm³/mol. The predicted octanol–water partition coefficient (Wildman–Crippen LogP) is 5.80. The van der Waals surface area contributed by atoms with Crippen LogP contribution in [-0.2, 0) is 24.1 Å². The number of aromatic amines is 1. The summed E-state index contributed by atoms with van der Waals surface area (Å²) in [5.74, 6) is -0.445. The first-order chi connectivity index (χ1) is 20.4. The van der Waals surface area contributed by atoms with Crippen molar-refractivity contribution in [1.82, 2.24) is 20.1 Å². The van der Waals surface area contributed by atoms with Crippen LogP contribution in [0.1, 0.15) is 48.0 Å². The zero-order valence-electron chi connectivity index (χ0n) is 23.5. The Morgan fingerprint density at radius 2 is 1.67 bits per heavy atom. The van der Waals surface area contributed by atoms with Crippen LogP contribution in [-0.4, -0.2) is 37.3 Å². The number of H-pyrrole nitrogens is 1. The molecule has 1 atom stereocenters. The fraction of sp³-hybridized carbons (Fsp3) is 0.242. The Hall–Kier alpha value is -5.05. The van der Waals surface area contributed by atoms with E-state index in [0.29, 0.717) is 23.9 Å². The van der Waals surface area contributed by atoms with Gasteiger partial charge in [-0.25, -0.2) is 14.6 Å². The van der Waals surface area contributed by atoms with E-state index in [1.165, 1.54) is 0 Å². The molecule has 3 aromatic carbocycles. The van der Waals surface area contributed by atoms with E-state index in [0.717, 1.165) is 58.3 Å². The number of nitrogens with one attached hydrogen (secondary N) is 1. The number of rotatable bonds is 12. The normalized spacial score (nSPS) is 11.8. The van der Waals surface area contributed by atoms with Crippen molar-refractivity contribution in [3.05, 3.63) is 118 Å². The molecule has 9 heteroatoms. The van der Waals surface area contributed by atoms with Gasteiger partial charge in [-0.3, -0.25) is 9.51 Å². The molecule has 5 rings (SSSR count). The number of ether oxygens (including phenoxy) is 1. The summed E-state index contributed by atoms with van der Waals surface area (Å²) in [6.45, 7) is 3.92. The van der Waals surface area contributed by atoms with Gasteiger partial charge < -0.3 is 9.84 Å². The minimum atomic E-state index is -1.10. The second-order valence-electron chi connectivity index (χ2n) is 10.1. The number of nitrogens with zero attached hydrogens (tertiary/aromatic N) is 3. The number of benzene rings is 3. The number of unbranched alkanes of at least 4 members (excludes halogenated alkanes) is 1. The number of carboxylic acids is 1. The number of hydrogen-bond acceptors (Lipinski definition) is 7. The monoisotopic (exact) mass is 564 g/mol. The van der Waals surface area contributed by atoms with Crippen molar-refractivity contribution in [2.45, 2.75) is 52.1 Å². The van der Waals surface area contributed by atoms with Crippen LogP contribution >= 0.6 is 0 Å². The minimum absolute atomic E-state index is 0.216. The van der Waals surface area contributed by atoms with Gasteiger partial charge in [0.15, 0.2) is 5.82 Å². The average molecular weight is 565 g/mol. The molecule has 2 heterocycles. The molecule has 2 N–H and O–H groups in total. The molecule has 0 aliphatic carbocycles. The van der Waals surface area contributed by atoms with Crippen LogP contribution in [0.3, 0.4) is 0 Å². The quantitative estimate of drug-likeness (QED) is 0.194. The lowest BCUT2D eigenvalue weighted by molar-refractivity contribution is -0.145. The highest BCUT2D eigenvalue weighted by molar-refractivity contribution is 5.80. The van der Waals surface area contributed by atoms with Crippen molar-refractivity contribution < 1.29 is 19.2 Å². The standard InChI is InChI=1S/C33H32N4O5/c1-3-4-14-28-27(31(35-21(2)34-28)41-29(32(38)39)20-22-10-6-5-7-11-22)19-23-15-17-24(18-16-23)25-12-8-9-13-26(25)30-36-33(40)42-37-30/h5-13,15-18,29H,3-4,14,19-20H2,1-2H3,(H,38,39)(H,36,37,40). The number of hydrogen-bond donors (Lipinski definition) is 2. The molecule has 0 fully saturated rings. The fourth-order valence-electron chi connectivity index (χ4n) is 4.89. The van der Waals surface area contributed by atoms with E-state index in [4.69, 9.17) is 14.2 Å². The highest BCUT2D eigenvalue weighted by atomic mass is 16.5. The SMILES string of the molecule is CCCCc1nc(C)nc(OC(Cc2ccccc2)C(=O)O)c1Cc1ccc(-c2ccccc2-c2noc(=O)[nH]2)cc1. The number of aryl methyl sites for hydroxylation is 2. The van der Waals surface area contributed by atoms with Gasteiger partial charge in [0.2, 0.25) is 12.0 Å². The minimum Gasteiger partial charge on any atom is -0.478 e. The Balaban J connectivity index is 1.46. The summed E-state index contributed by atoms with van der Waals surface area (Å²) in [6.07, 6.45) is 2.27. The van der Waals surface area contributed by atoms with Gasteiger partial charge in [0.05, 0.1) is 5.69 Å². The van der Waals surface area contributed by atoms with Crippen molar-refractivity contribution in [2.24, 2.45) is 0 Å². The summed E-state index contributed by atoms with van der Waals surface area (Å²) in [7, 11) is 0. The van der Waals surface area contributed by atoms with Gasteiger partial charge in [0, 0.05) is 24.0 Å². The summed E-state index contributed by atoms with van der Waals surface area (Å²) in [5, 5.41) is 13.8. The second-order valence-corrected chi connectivity index (χ2v) is 10.1. The first-order valence-corrected chi connectivity index (χ1v) is 14.0. The van der Waals surface area contributed by atoms with Gasteiger partial charge in [0.25, 0.3) is 0 Å². The Bertz CT molecular complexity index is 1710. The van der Waals surface area contributed by atoms with E-state index in [2.05, 4.69) is 22.0 Å². The molecular formula is C33H32N4O5. The summed E-state index contributed by atoms with van der Waals surface area (Å²) in [5.41, 5.74) is 6.11. The third-order valence-electron chi connectivity index (χ3n) is 7.00. The molecule has 1 unspecified atom stereocenters. The maximum atomic E-state index is 12.2. The maximum Gasteiger partial charge on any atom is 0.439 e. The smallest absolute Gasteiger partial charge is 0.439 e. The molecule has 0 aliphatic heterocycles. The van der Waals surface area contributed by atoms with Crippen LogP contribution in [0.4, 0.5) is 0 Å². The van der Waals surface area contributed by atoms with E-state index < -0.39 is 17.8 Å². The van der Waals surface area contributed by atoms with Crippen LogP contribution in [0.5, 0.6) is 5.88 Å². The number of aromatic nitrogens is 4. The summed E-state index contributed by atoms with van der Waals surface area (Å²) < 4.78 is 10.9. The Morgan fingerprint density at radius 1 is 0.952 bits per heavy atom. The van der Waals surface area contributed by atoms with Crippen LogP contribution in [0.15, 0.2) is 88.2 Å².